The Bertz CT molecular complexity index is 522. The van der Waals surface area contributed by atoms with Gasteiger partial charge in [0.2, 0.25) is 0 Å². The zero-order valence-electron chi connectivity index (χ0n) is 10.3. The highest BCUT2D eigenvalue weighted by atomic mass is 32.2. The monoisotopic (exact) mass is 287 g/mol. The Morgan fingerprint density at radius 2 is 2.00 bits per heavy atom. The number of thioether (sulfide) groups is 1. The van der Waals surface area contributed by atoms with E-state index in [1.807, 2.05) is 6.07 Å². The molecular formula is C12H17NO3S2. The van der Waals surface area contributed by atoms with E-state index in [0.717, 1.165) is 31.0 Å². The van der Waals surface area contributed by atoms with Crippen LogP contribution in [0.3, 0.4) is 0 Å². The molecule has 1 aliphatic heterocycles. The van der Waals surface area contributed by atoms with Crippen molar-refractivity contribution in [2.75, 3.05) is 25.2 Å². The number of nitrogen functional groups attached to an aromatic ring is 1. The molecule has 0 saturated carbocycles. The summed E-state index contributed by atoms with van der Waals surface area (Å²) in [5.74, 6) is 0. The number of rotatable bonds is 3. The van der Waals surface area contributed by atoms with E-state index in [2.05, 4.69) is 0 Å². The third kappa shape index (κ3) is 3.18. The molecule has 100 valence electrons. The standard InChI is InChI=1S/C12H17NO3S2/c1-18(14,15)11-4-2-3-10(12(11)13)17-9-5-7-16-8-6-9/h2-4,9H,5-8,13H2,1H3. The van der Waals surface area contributed by atoms with Crippen LogP contribution in [0.1, 0.15) is 12.8 Å². The maximum atomic E-state index is 11.6. The van der Waals surface area contributed by atoms with Gasteiger partial charge in [-0.3, -0.25) is 0 Å². The normalized spacial score (nSPS) is 17.8. The summed E-state index contributed by atoms with van der Waals surface area (Å²) in [5, 5.41) is 0.455. The fraction of sp³-hybridized carbons (Fsp3) is 0.500. The first kappa shape index (κ1) is 13.7. The van der Waals surface area contributed by atoms with Gasteiger partial charge in [0.05, 0.1) is 10.6 Å². The zero-order valence-corrected chi connectivity index (χ0v) is 11.9. The minimum atomic E-state index is -3.26. The predicted octanol–water partition coefficient (Wildman–Crippen LogP) is 1.94. The molecule has 1 heterocycles. The molecule has 0 atom stereocenters. The van der Waals surface area contributed by atoms with E-state index >= 15 is 0 Å². The first-order valence-corrected chi connectivity index (χ1v) is 8.58. The van der Waals surface area contributed by atoms with Crippen molar-refractivity contribution in [3.05, 3.63) is 18.2 Å². The summed E-state index contributed by atoms with van der Waals surface area (Å²) in [6.45, 7) is 1.53. The van der Waals surface area contributed by atoms with Crippen LogP contribution < -0.4 is 5.73 Å². The zero-order chi connectivity index (χ0) is 13.2. The van der Waals surface area contributed by atoms with Crippen LogP contribution in [0.15, 0.2) is 28.0 Å². The molecule has 1 aromatic rings. The van der Waals surface area contributed by atoms with Crippen molar-refractivity contribution in [3.8, 4) is 0 Å². The van der Waals surface area contributed by atoms with Crippen LogP contribution in [0.2, 0.25) is 0 Å². The van der Waals surface area contributed by atoms with E-state index in [4.69, 9.17) is 10.5 Å². The number of nitrogens with two attached hydrogens (primary N) is 1. The van der Waals surface area contributed by atoms with Crippen molar-refractivity contribution in [1.29, 1.82) is 0 Å². The minimum Gasteiger partial charge on any atom is -0.397 e. The minimum absolute atomic E-state index is 0.222. The second-order valence-electron chi connectivity index (χ2n) is 4.37. The van der Waals surface area contributed by atoms with Crippen LogP contribution in [-0.4, -0.2) is 33.1 Å². The van der Waals surface area contributed by atoms with Gasteiger partial charge in [-0.25, -0.2) is 8.42 Å². The second kappa shape index (κ2) is 5.50. The summed E-state index contributed by atoms with van der Waals surface area (Å²) < 4.78 is 28.5. The topological polar surface area (TPSA) is 69.4 Å². The number of hydrogen-bond donors (Lipinski definition) is 1. The number of ether oxygens (including phenoxy) is 1. The fourth-order valence-electron chi connectivity index (χ4n) is 1.92. The molecule has 1 saturated heterocycles. The molecule has 0 spiro atoms. The maximum Gasteiger partial charge on any atom is 0.177 e. The molecule has 1 fully saturated rings. The first-order valence-electron chi connectivity index (χ1n) is 5.81. The number of sulfone groups is 1. The third-order valence-corrected chi connectivity index (χ3v) is 5.46. The lowest BCUT2D eigenvalue weighted by Gasteiger charge is -2.22. The Morgan fingerprint density at radius 3 is 2.61 bits per heavy atom. The van der Waals surface area contributed by atoms with Crippen LogP contribution >= 0.6 is 11.8 Å². The number of para-hydroxylation sites is 1. The van der Waals surface area contributed by atoms with Gasteiger partial charge in [0.15, 0.2) is 9.84 Å². The van der Waals surface area contributed by atoms with Crippen LogP contribution in [0.25, 0.3) is 0 Å². The largest absolute Gasteiger partial charge is 0.397 e. The van der Waals surface area contributed by atoms with Crippen LogP contribution in [0.4, 0.5) is 5.69 Å². The molecule has 1 aliphatic rings. The number of benzene rings is 1. The van der Waals surface area contributed by atoms with Gasteiger partial charge in [-0.1, -0.05) is 6.07 Å². The van der Waals surface area contributed by atoms with Crippen LogP contribution in [-0.2, 0) is 14.6 Å². The predicted molar refractivity (Wildman–Crippen MR) is 73.7 cm³/mol. The first-order chi connectivity index (χ1) is 8.48. The number of hydrogen-bond acceptors (Lipinski definition) is 5. The second-order valence-corrected chi connectivity index (χ2v) is 7.70. The Morgan fingerprint density at radius 1 is 1.33 bits per heavy atom. The van der Waals surface area contributed by atoms with Crippen LogP contribution in [0, 0.1) is 0 Å². The highest BCUT2D eigenvalue weighted by molar-refractivity contribution is 8.00. The van der Waals surface area contributed by atoms with Gasteiger partial charge in [0.1, 0.15) is 0 Å². The smallest absolute Gasteiger partial charge is 0.177 e. The van der Waals surface area contributed by atoms with E-state index < -0.39 is 9.84 Å². The summed E-state index contributed by atoms with van der Waals surface area (Å²) in [6.07, 6.45) is 3.14. The van der Waals surface area contributed by atoms with Gasteiger partial charge in [-0.05, 0) is 25.0 Å². The van der Waals surface area contributed by atoms with E-state index in [9.17, 15) is 8.42 Å². The Hall–Kier alpha value is -0.720. The average molecular weight is 287 g/mol. The molecule has 1 aromatic carbocycles. The molecule has 18 heavy (non-hydrogen) atoms. The Balaban J connectivity index is 2.23. The molecule has 0 amide bonds. The molecule has 6 heteroatoms. The Kier molecular flexibility index (Phi) is 4.19. The fourth-order valence-corrected chi connectivity index (χ4v) is 4.00. The summed E-state index contributed by atoms with van der Waals surface area (Å²) in [6, 6.07) is 5.18. The van der Waals surface area contributed by atoms with Gasteiger partial charge >= 0.3 is 0 Å². The van der Waals surface area contributed by atoms with Crippen LogP contribution in [0.5, 0.6) is 0 Å². The molecule has 0 aromatic heterocycles. The molecule has 2 N–H and O–H groups in total. The lowest BCUT2D eigenvalue weighted by Crippen LogP contribution is -2.17. The van der Waals surface area contributed by atoms with E-state index in [1.54, 1.807) is 23.9 Å². The van der Waals surface area contributed by atoms with Crippen molar-refractivity contribution in [2.45, 2.75) is 27.9 Å². The van der Waals surface area contributed by atoms with Gasteiger partial charge < -0.3 is 10.5 Å². The van der Waals surface area contributed by atoms with Crippen molar-refractivity contribution in [1.82, 2.24) is 0 Å². The van der Waals surface area contributed by atoms with E-state index in [1.165, 1.54) is 6.26 Å². The number of anilines is 1. The summed E-state index contributed by atoms with van der Waals surface area (Å²) >= 11 is 1.65. The van der Waals surface area contributed by atoms with E-state index in [0.29, 0.717) is 10.9 Å². The maximum absolute atomic E-state index is 11.6. The molecule has 0 aliphatic carbocycles. The SMILES string of the molecule is CS(=O)(=O)c1cccc(SC2CCOCC2)c1N. The molecule has 0 radical (unpaired) electrons. The van der Waals surface area contributed by atoms with Gasteiger partial charge in [0.25, 0.3) is 0 Å². The van der Waals surface area contributed by atoms with Crippen molar-refractivity contribution < 1.29 is 13.2 Å². The quantitative estimate of drug-likeness (QED) is 0.860. The van der Waals surface area contributed by atoms with Gasteiger partial charge in [0, 0.05) is 29.6 Å². The van der Waals surface area contributed by atoms with Crippen molar-refractivity contribution >= 4 is 27.3 Å². The van der Waals surface area contributed by atoms with Crippen molar-refractivity contribution in [2.24, 2.45) is 0 Å². The summed E-state index contributed by atoms with van der Waals surface area (Å²) in [5.41, 5.74) is 6.33. The highest BCUT2D eigenvalue weighted by Gasteiger charge is 2.19. The third-order valence-electron chi connectivity index (χ3n) is 2.89. The van der Waals surface area contributed by atoms with Crippen molar-refractivity contribution in [3.63, 3.8) is 0 Å². The highest BCUT2D eigenvalue weighted by Crippen LogP contribution is 2.36. The lowest BCUT2D eigenvalue weighted by molar-refractivity contribution is 0.100. The van der Waals surface area contributed by atoms with E-state index in [-0.39, 0.29) is 4.90 Å². The molecular weight excluding hydrogens is 270 g/mol. The van der Waals surface area contributed by atoms with Gasteiger partial charge in [-0.15, -0.1) is 11.8 Å². The molecule has 0 bridgehead atoms. The molecule has 0 unspecified atom stereocenters. The average Bonchev–Trinajstić information content (AvgIpc) is 2.32. The molecule has 4 nitrogen and oxygen atoms in total. The lowest BCUT2D eigenvalue weighted by atomic mass is 10.2. The Labute approximate surface area is 112 Å². The summed E-state index contributed by atoms with van der Waals surface area (Å²) in [4.78, 5) is 1.07. The molecule has 2 rings (SSSR count). The summed E-state index contributed by atoms with van der Waals surface area (Å²) in [7, 11) is -3.26. The van der Waals surface area contributed by atoms with Gasteiger partial charge in [-0.2, -0.15) is 0 Å².